The number of rotatable bonds is 8. The van der Waals surface area contributed by atoms with Crippen molar-refractivity contribution in [3.05, 3.63) is 35.1 Å². The van der Waals surface area contributed by atoms with Crippen molar-refractivity contribution in [2.45, 2.75) is 80.8 Å². The molecule has 0 amide bonds. The van der Waals surface area contributed by atoms with E-state index < -0.39 is 53.2 Å². The molecular formula is C28H37NO10. The number of carbonyl (C=O) groups is 2. The summed E-state index contributed by atoms with van der Waals surface area (Å²) in [7, 11) is 2.54. The lowest BCUT2D eigenvalue weighted by Gasteiger charge is -2.40. The van der Waals surface area contributed by atoms with Gasteiger partial charge in [0.2, 0.25) is 6.79 Å². The van der Waals surface area contributed by atoms with E-state index in [0.717, 1.165) is 50.6 Å². The fourth-order valence-electron chi connectivity index (χ4n) is 6.47. The highest BCUT2D eigenvalue weighted by molar-refractivity contribution is 5.89. The summed E-state index contributed by atoms with van der Waals surface area (Å²) in [5, 5.41) is 32.4. The van der Waals surface area contributed by atoms with Gasteiger partial charge in [-0.3, -0.25) is 4.90 Å². The second-order valence-electron chi connectivity index (χ2n) is 11.5. The van der Waals surface area contributed by atoms with E-state index in [4.69, 9.17) is 18.9 Å². The monoisotopic (exact) mass is 547 g/mol. The molecule has 214 valence electrons. The van der Waals surface area contributed by atoms with Gasteiger partial charge in [-0.25, -0.2) is 9.59 Å². The van der Waals surface area contributed by atoms with E-state index in [1.807, 2.05) is 18.2 Å². The van der Waals surface area contributed by atoms with Crippen LogP contribution >= 0.6 is 0 Å². The summed E-state index contributed by atoms with van der Waals surface area (Å²) in [6.45, 7) is 4.77. The number of aliphatic hydroxyl groups is 3. The number of hydrogen-bond acceptors (Lipinski definition) is 11. The molecule has 1 saturated heterocycles. The molecule has 0 saturated carbocycles. The number of benzene rings is 1. The number of carbonyl (C=O) groups excluding carboxylic acids is 2. The number of esters is 2. The third-order valence-electron chi connectivity index (χ3n) is 8.55. The van der Waals surface area contributed by atoms with Crippen LogP contribution in [-0.2, 0) is 30.2 Å². The standard InChI is InChI=1S/C28H37NO10/c1-26(2,33)8-9-28(34,23(30)24(31)36-4)25(32)39-22-20(35-3)14-27-7-5-10-29(27)11-6-16-12-18-19(38-15-37-18)13-17(16)21(22)27/h12-14,21-23,30,33-34H,5-11,15H2,1-4H3/t21-,22+,23-,27-,28+/m0/s1. The highest BCUT2D eigenvalue weighted by Crippen LogP contribution is 2.55. The van der Waals surface area contributed by atoms with Gasteiger partial charge in [-0.2, -0.15) is 0 Å². The molecule has 3 N–H and O–H groups in total. The third kappa shape index (κ3) is 4.65. The molecule has 1 aromatic rings. The second kappa shape index (κ2) is 9.96. The molecule has 0 bridgehead atoms. The van der Waals surface area contributed by atoms with Crippen LogP contribution in [0.3, 0.4) is 0 Å². The topological polar surface area (TPSA) is 144 Å². The Kier molecular flexibility index (Phi) is 7.07. The maximum Gasteiger partial charge on any atom is 0.342 e. The number of fused-ring (bicyclic) bond motifs is 3. The van der Waals surface area contributed by atoms with Gasteiger partial charge < -0.3 is 39.0 Å². The first-order valence-corrected chi connectivity index (χ1v) is 13.3. The van der Waals surface area contributed by atoms with Crippen LogP contribution in [0.4, 0.5) is 0 Å². The van der Waals surface area contributed by atoms with Crippen molar-refractivity contribution < 1.29 is 48.6 Å². The first-order valence-electron chi connectivity index (χ1n) is 13.3. The Morgan fingerprint density at radius 3 is 2.54 bits per heavy atom. The SMILES string of the molecule is COC(=O)[C@H](O)[C@](O)(CCC(C)(C)O)C(=O)O[C@@H]1C(OC)=C[C@]23CCCN2CCc2cc4c(cc2[C@@H]13)OCO4. The lowest BCUT2D eigenvalue weighted by Crippen LogP contribution is -2.56. The van der Waals surface area contributed by atoms with Crippen LogP contribution in [-0.4, -0.2) is 95.2 Å². The first kappa shape index (κ1) is 27.7. The van der Waals surface area contributed by atoms with E-state index in [1.165, 1.54) is 21.0 Å². The number of hydrogen-bond donors (Lipinski definition) is 3. The van der Waals surface area contributed by atoms with E-state index >= 15 is 0 Å². The van der Waals surface area contributed by atoms with Crippen molar-refractivity contribution >= 4 is 11.9 Å². The Morgan fingerprint density at radius 1 is 1.15 bits per heavy atom. The lowest BCUT2D eigenvalue weighted by atomic mass is 9.77. The second-order valence-corrected chi connectivity index (χ2v) is 11.5. The summed E-state index contributed by atoms with van der Waals surface area (Å²) in [6.07, 6.45) is 0.799. The average Bonchev–Trinajstić information content (AvgIpc) is 3.59. The van der Waals surface area contributed by atoms with Crippen molar-refractivity contribution in [2.24, 2.45) is 0 Å². The fourth-order valence-corrected chi connectivity index (χ4v) is 6.47. The summed E-state index contributed by atoms with van der Waals surface area (Å²) in [5.41, 5.74) is -2.48. The lowest BCUT2D eigenvalue weighted by molar-refractivity contribution is -0.196. The third-order valence-corrected chi connectivity index (χ3v) is 8.55. The van der Waals surface area contributed by atoms with E-state index in [1.54, 1.807) is 0 Å². The molecule has 1 aromatic carbocycles. The highest BCUT2D eigenvalue weighted by atomic mass is 16.7. The van der Waals surface area contributed by atoms with Gasteiger partial charge in [0, 0.05) is 6.54 Å². The molecule has 0 aromatic heterocycles. The van der Waals surface area contributed by atoms with Crippen LogP contribution < -0.4 is 9.47 Å². The number of ether oxygens (including phenoxy) is 5. The van der Waals surface area contributed by atoms with E-state index in [-0.39, 0.29) is 13.2 Å². The zero-order valence-corrected chi connectivity index (χ0v) is 22.8. The number of methoxy groups -OCH3 is 2. The van der Waals surface area contributed by atoms with E-state index in [9.17, 15) is 24.9 Å². The molecule has 1 spiro atoms. The minimum atomic E-state index is -2.67. The average molecular weight is 548 g/mol. The molecule has 0 unspecified atom stereocenters. The molecule has 5 rings (SSSR count). The number of aliphatic hydroxyl groups excluding tert-OH is 1. The van der Waals surface area contributed by atoms with Crippen LogP contribution in [0.2, 0.25) is 0 Å². The molecule has 5 atom stereocenters. The van der Waals surface area contributed by atoms with E-state index in [0.29, 0.717) is 17.3 Å². The zero-order valence-electron chi connectivity index (χ0n) is 22.8. The maximum absolute atomic E-state index is 13.7. The quantitative estimate of drug-likeness (QED) is 0.403. The summed E-state index contributed by atoms with van der Waals surface area (Å²) < 4.78 is 27.7. The molecule has 11 nitrogen and oxygen atoms in total. The van der Waals surface area contributed by atoms with E-state index in [2.05, 4.69) is 9.64 Å². The van der Waals surface area contributed by atoms with Crippen LogP contribution in [0, 0.1) is 0 Å². The van der Waals surface area contributed by atoms with Crippen molar-refractivity contribution in [3.8, 4) is 11.5 Å². The van der Waals surface area contributed by atoms with Crippen molar-refractivity contribution in [1.29, 1.82) is 0 Å². The fraction of sp³-hybridized carbons (Fsp3) is 0.643. The van der Waals surface area contributed by atoms with Gasteiger partial charge in [-0.05, 0) is 81.8 Å². The molecule has 0 radical (unpaired) electrons. The molecule has 4 aliphatic rings. The summed E-state index contributed by atoms with van der Waals surface area (Å²) in [6, 6.07) is 3.90. The maximum atomic E-state index is 13.7. The van der Waals surface area contributed by atoms with Crippen molar-refractivity contribution in [3.63, 3.8) is 0 Å². The molecule has 39 heavy (non-hydrogen) atoms. The molecule has 3 heterocycles. The van der Waals surface area contributed by atoms with Gasteiger partial charge >= 0.3 is 11.9 Å². The van der Waals surface area contributed by atoms with Gasteiger partial charge in [0.1, 0.15) is 5.76 Å². The minimum Gasteiger partial charge on any atom is -0.497 e. The number of nitrogens with zero attached hydrogens (tertiary/aromatic N) is 1. The van der Waals surface area contributed by atoms with Crippen LogP contribution in [0.15, 0.2) is 24.0 Å². The summed E-state index contributed by atoms with van der Waals surface area (Å²) in [5.74, 6) is -1.11. The predicted octanol–water partition coefficient (Wildman–Crippen LogP) is 1.16. The minimum absolute atomic E-state index is 0.0995. The largest absolute Gasteiger partial charge is 0.497 e. The van der Waals surface area contributed by atoms with Gasteiger partial charge in [0.05, 0.1) is 31.3 Å². The predicted molar refractivity (Wildman–Crippen MR) is 136 cm³/mol. The molecular weight excluding hydrogens is 510 g/mol. The van der Waals surface area contributed by atoms with Gasteiger partial charge in [-0.1, -0.05) is 0 Å². The zero-order chi connectivity index (χ0) is 28.2. The molecule has 11 heteroatoms. The highest BCUT2D eigenvalue weighted by Gasteiger charge is 2.60. The van der Waals surface area contributed by atoms with Crippen LogP contribution in [0.1, 0.15) is 56.6 Å². The first-order chi connectivity index (χ1) is 18.4. The normalized spacial score (nSPS) is 27.8. The molecule has 1 fully saturated rings. The van der Waals surface area contributed by atoms with Gasteiger partial charge in [0.15, 0.2) is 29.3 Å². The Balaban J connectivity index is 1.55. The molecule has 1 aliphatic carbocycles. The van der Waals surface area contributed by atoms with Gasteiger partial charge in [0.25, 0.3) is 0 Å². The smallest absolute Gasteiger partial charge is 0.342 e. The van der Waals surface area contributed by atoms with Crippen molar-refractivity contribution in [2.75, 3.05) is 34.1 Å². The Morgan fingerprint density at radius 2 is 1.87 bits per heavy atom. The Hall–Kier alpha value is -2.86. The Labute approximate surface area is 227 Å². The summed E-state index contributed by atoms with van der Waals surface area (Å²) >= 11 is 0. The van der Waals surface area contributed by atoms with Crippen molar-refractivity contribution in [1.82, 2.24) is 4.90 Å². The van der Waals surface area contributed by atoms with Crippen LogP contribution in [0.25, 0.3) is 0 Å². The van der Waals surface area contributed by atoms with Crippen LogP contribution in [0.5, 0.6) is 11.5 Å². The Bertz CT molecular complexity index is 1180. The van der Waals surface area contributed by atoms with Gasteiger partial charge in [-0.15, -0.1) is 0 Å². The molecule has 3 aliphatic heterocycles. The summed E-state index contributed by atoms with van der Waals surface area (Å²) in [4.78, 5) is 28.4.